The molecule has 0 saturated carbocycles. The molecule has 7 heteroatoms. The van der Waals surface area contributed by atoms with Gasteiger partial charge < -0.3 is 0 Å². The standard InChI is InChI=1S/C18H18FN3O2S/c1-12-3-5-14(6-4-12)18-11-17(13(2)19)21-22(18)15-7-9-16(10-8-15)25(20,23)24/h3-11,13H,1-2H3,(H2,20,23,24). The van der Waals surface area contributed by atoms with Crippen LogP contribution in [0.5, 0.6) is 0 Å². The van der Waals surface area contributed by atoms with Crippen LogP contribution in [0.2, 0.25) is 0 Å². The van der Waals surface area contributed by atoms with E-state index in [1.54, 1.807) is 22.9 Å². The normalized spacial score (nSPS) is 13.0. The maximum absolute atomic E-state index is 13.8. The van der Waals surface area contributed by atoms with Gasteiger partial charge in [-0.3, -0.25) is 0 Å². The number of nitrogens with two attached hydrogens (primary N) is 1. The van der Waals surface area contributed by atoms with Gasteiger partial charge >= 0.3 is 0 Å². The van der Waals surface area contributed by atoms with Gasteiger partial charge in [-0.25, -0.2) is 22.6 Å². The maximum Gasteiger partial charge on any atom is 0.238 e. The summed E-state index contributed by atoms with van der Waals surface area (Å²) in [5, 5.41) is 9.46. The van der Waals surface area contributed by atoms with E-state index in [0.29, 0.717) is 11.4 Å². The van der Waals surface area contributed by atoms with E-state index in [1.165, 1.54) is 19.1 Å². The first-order valence-corrected chi connectivity index (χ1v) is 9.24. The molecule has 1 atom stereocenters. The summed E-state index contributed by atoms with van der Waals surface area (Å²) in [5.41, 5.74) is 3.66. The largest absolute Gasteiger partial charge is 0.241 e. The monoisotopic (exact) mass is 359 g/mol. The molecule has 5 nitrogen and oxygen atoms in total. The van der Waals surface area contributed by atoms with E-state index >= 15 is 0 Å². The van der Waals surface area contributed by atoms with E-state index in [9.17, 15) is 12.8 Å². The highest BCUT2D eigenvalue weighted by Crippen LogP contribution is 2.28. The molecule has 3 aromatic rings. The van der Waals surface area contributed by atoms with Crippen LogP contribution in [0, 0.1) is 6.92 Å². The highest BCUT2D eigenvalue weighted by molar-refractivity contribution is 7.89. The van der Waals surface area contributed by atoms with Crippen molar-refractivity contribution in [1.29, 1.82) is 0 Å². The molecular formula is C18H18FN3O2S. The van der Waals surface area contributed by atoms with Crippen molar-refractivity contribution in [2.24, 2.45) is 5.14 Å². The number of benzene rings is 2. The highest BCUT2D eigenvalue weighted by atomic mass is 32.2. The lowest BCUT2D eigenvalue weighted by Gasteiger charge is -2.09. The van der Waals surface area contributed by atoms with Gasteiger partial charge in [-0.2, -0.15) is 5.10 Å². The van der Waals surface area contributed by atoms with Gasteiger partial charge in [0.25, 0.3) is 0 Å². The van der Waals surface area contributed by atoms with E-state index in [2.05, 4.69) is 5.10 Å². The van der Waals surface area contributed by atoms with Crippen molar-refractivity contribution >= 4 is 10.0 Å². The Balaban J connectivity index is 2.13. The zero-order chi connectivity index (χ0) is 18.2. The second kappa shape index (κ2) is 6.42. The summed E-state index contributed by atoms with van der Waals surface area (Å²) >= 11 is 0. The number of nitrogens with zero attached hydrogens (tertiary/aromatic N) is 2. The van der Waals surface area contributed by atoms with Crippen LogP contribution in [-0.2, 0) is 10.0 Å². The van der Waals surface area contributed by atoms with Crippen LogP contribution in [0.25, 0.3) is 16.9 Å². The van der Waals surface area contributed by atoms with Crippen LogP contribution >= 0.6 is 0 Å². The molecule has 0 saturated heterocycles. The number of primary sulfonamides is 1. The van der Waals surface area contributed by atoms with Gasteiger partial charge in [0.15, 0.2) is 0 Å². The van der Waals surface area contributed by atoms with E-state index in [0.717, 1.165) is 16.8 Å². The smallest absolute Gasteiger partial charge is 0.238 e. The fourth-order valence-corrected chi connectivity index (χ4v) is 3.01. The Hall–Kier alpha value is -2.51. The molecule has 25 heavy (non-hydrogen) atoms. The Kier molecular flexibility index (Phi) is 4.45. The molecule has 0 radical (unpaired) electrons. The summed E-state index contributed by atoms with van der Waals surface area (Å²) < 4.78 is 38.2. The quantitative estimate of drug-likeness (QED) is 0.774. The summed E-state index contributed by atoms with van der Waals surface area (Å²) in [6.45, 7) is 3.41. The van der Waals surface area contributed by atoms with Gasteiger partial charge in [0.1, 0.15) is 6.17 Å². The zero-order valence-corrected chi connectivity index (χ0v) is 14.7. The van der Waals surface area contributed by atoms with Gasteiger partial charge in [0.2, 0.25) is 10.0 Å². The molecule has 2 aromatic carbocycles. The van der Waals surface area contributed by atoms with Crippen LogP contribution in [0.15, 0.2) is 59.5 Å². The molecule has 0 aliphatic rings. The average Bonchev–Trinajstić information content (AvgIpc) is 3.00. The van der Waals surface area contributed by atoms with E-state index in [4.69, 9.17) is 5.14 Å². The fourth-order valence-electron chi connectivity index (χ4n) is 2.50. The topological polar surface area (TPSA) is 78.0 Å². The number of hydrogen-bond acceptors (Lipinski definition) is 3. The van der Waals surface area contributed by atoms with Gasteiger partial charge in [-0.05, 0) is 44.2 Å². The Bertz CT molecular complexity index is 992. The number of alkyl halides is 1. The third kappa shape index (κ3) is 3.62. The first kappa shape index (κ1) is 17.3. The molecule has 0 bridgehead atoms. The predicted octanol–water partition coefficient (Wildman–Crippen LogP) is 3.53. The minimum atomic E-state index is -3.77. The molecule has 0 aliphatic heterocycles. The van der Waals surface area contributed by atoms with E-state index in [1.807, 2.05) is 31.2 Å². The van der Waals surface area contributed by atoms with Gasteiger partial charge in [0, 0.05) is 5.56 Å². The summed E-state index contributed by atoms with van der Waals surface area (Å²) in [6.07, 6.45) is -1.21. The molecule has 1 heterocycles. The Morgan fingerprint density at radius 2 is 1.68 bits per heavy atom. The van der Waals surface area contributed by atoms with E-state index < -0.39 is 16.2 Å². The van der Waals surface area contributed by atoms with Crippen molar-refractivity contribution in [1.82, 2.24) is 9.78 Å². The summed E-state index contributed by atoms with van der Waals surface area (Å²) in [4.78, 5) is 0.0133. The molecule has 2 N–H and O–H groups in total. The van der Waals surface area contributed by atoms with Gasteiger partial charge in [-0.15, -0.1) is 0 Å². The van der Waals surface area contributed by atoms with Crippen LogP contribution in [0.4, 0.5) is 4.39 Å². The predicted molar refractivity (Wildman–Crippen MR) is 94.6 cm³/mol. The maximum atomic E-state index is 13.8. The summed E-state index contributed by atoms with van der Waals surface area (Å²) in [7, 11) is -3.77. The second-order valence-electron chi connectivity index (χ2n) is 5.89. The molecule has 0 fully saturated rings. The number of halogens is 1. The molecule has 3 rings (SSSR count). The van der Waals surface area contributed by atoms with Gasteiger partial charge in [0.05, 0.1) is 22.0 Å². The number of sulfonamides is 1. The van der Waals surface area contributed by atoms with E-state index in [-0.39, 0.29) is 4.90 Å². The van der Waals surface area contributed by atoms with Crippen molar-refractivity contribution in [3.8, 4) is 16.9 Å². The van der Waals surface area contributed by atoms with Crippen LogP contribution in [0.1, 0.15) is 24.4 Å². The molecular weight excluding hydrogens is 341 g/mol. The third-order valence-corrected chi connectivity index (χ3v) is 4.82. The minimum Gasteiger partial charge on any atom is -0.241 e. The number of rotatable bonds is 4. The number of aromatic nitrogens is 2. The van der Waals surface area contributed by atoms with Crippen molar-refractivity contribution in [2.45, 2.75) is 24.9 Å². The average molecular weight is 359 g/mol. The van der Waals surface area contributed by atoms with Crippen molar-refractivity contribution < 1.29 is 12.8 Å². The molecule has 0 aliphatic carbocycles. The SMILES string of the molecule is Cc1ccc(-c2cc(C(C)F)nn2-c2ccc(S(N)(=O)=O)cc2)cc1. The lowest BCUT2D eigenvalue weighted by atomic mass is 10.1. The van der Waals surface area contributed by atoms with Crippen molar-refractivity contribution in [3.63, 3.8) is 0 Å². The molecule has 130 valence electrons. The van der Waals surface area contributed by atoms with Crippen molar-refractivity contribution in [3.05, 3.63) is 65.9 Å². The zero-order valence-electron chi connectivity index (χ0n) is 13.8. The third-order valence-electron chi connectivity index (χ3n) is 3.89. The first-order valence-electron chi connectivity index (χ1n) is 7.70. The lowest BCUT2D eigenvalue weighted by molar-refractivity contribution is 0.364. The summed E-state index contributed by atoms with van der Waals surface area (Å²) in [5.74, 6) is 0. The Morgan fingerprint density at radius 3 is 2.20 bits per heavy atom. The molecule has 0 amide bonds. The summed E-state index contributed by atoms with van der Waals surface area (Å²) in [6, 6.07) is 15.5. The molecule has 1 aromatic heterocycles. The Labute approximate surface area is 146 Å². The van der Waals surface area contributed by atoms with Crippen LogP contribution < -0.4 is 5.14 Å². The minimum absolute atomic E-state index is 0.0133. The van der Waals surface area contributed by atoms with Crippen molar-refractivity contribution in [2.75, 3.05) is 0 Å². The highest BCUT2D eigenvalue weighted by Gasteiger charge is 2.16. The molecule has 1 unspecified atom stereocenters. The van der Waals surface area contributed by atoms with Crippen LogP contribution in [-0.4, -0.2) is 18.2 Å². The van der Waals surface area contributed by atoms with Gasteiger partial charge in [-0.1, -0.05) is 29.8 Å². The Morgan fingerprint density at radius 1 is 1.08 bits per heavy atom. The lowest BCUT2D eigenvalue weighted by Crippen LogP contribution is -2.12. The van der Waals surface area contributed by atoms with Crippen LogP contribution in [0.3, 0.4) is 0 Å². The number of aryl methyl sites for hydroxylation is 1. The first-order chi connectivity index (χ1) is 11.8. The molecule has 0 spiro atoms. The second-order valence-corrected chi connectivity index (χ2v) is 7.45. The number of hydrogen-bond donors (Lipinski definition) is 1. The fraction of sp³-hybridized carbons (Fsp3) is 0.167.